The van der Waals surface area contributed by atoms with E-state index in [1.54, 1.807) is 7.11 Å². The maximum absolute atomic E-state index is 13.4. The number of amides is 1. The van der Waals surface area contributed by atoms with E-state index in [-0.39, 0.29) is 10.9 Å². The van der Waals surface area contributed by atoms with Crippen molar-refractivity contribution in [3.63, 3.8) is 0 Å². The maximum atomic E-state index is 13.4. The van der Waals surface area contributed by atoms with E-state index in [0.717, 1.165) is 18.7 Å². The van der Waals surface area contributed by atoms with Gasteiger partial charge in [-0.1, -0.05) is 11.6 Å². The van der Waals surface area contributed by atoms with Crippen molar-refractivity contribution in [1.29, 1.82) is 0 Å². The Morgan fingerprint density at radius 1 is 1.38 bits per heavy atom. The fraction of sp³-hybridized carbons (Fsp3) is 0.389. The van der Waals surface area contributed by atoms with E-state index < -0.39 is 5.82 Å². The molecule has 2 aromatic rings. The number of aromatic nitrogens is 1. The van der Waals surface area contributed by atoms with Gasteiger partial charge in [0, 0.05) is 44.3 Å². The lowest BCUT2D eigenvalue weighted by Crippen LogP contribution is -2.34. The van der Waals surface area contributed by atoms with Crippen molar-refractivity contribution in [2.24, 2.45) is 5.92 Å². The van der Waals surface area contributed by atoms with Gasteiger partial charge in [-0.3, -0.25) is 4.79 Å². The lowest BCUT2D eigenvalue weighted by Gasteiger charge is -2.24. The summed E-state index contributed by atoms with van der Waals surface area (Å²) >= 11 is 5.82. The Morgan fingerprint density at radius 3 is 2.96 bits per heavy atom. The van der Waals surface area contributed by atoms with Crippen LogP contribution in [-0.2, 0) is 17.8 Å². The van der Waals surface area contributed by atoms with E-state index in [1.165, 1.54) is 18.2 Å². The number of hydrogen-bond acceptors (Lipinski definition) is 2. The highest BCUT2D eigenvalue weighted by molar-refractivity contribution is 6.31. The molecule has 0 spiro atoms. The Kier molecular flexibility index (Phi) is 5.21. The summed E-state index contributed by atoms with van der Waals surface area (Å²) < 4.78 is 20.7. The Labute approximate surface area is 145 Å². The standard InChI is InChI=1S/C18H20ClFN2O2/c1-24-8-6-13-10-21-7-2-3-15(21)12-22(11-13)18(23)14-4-5-17(20)16(19)9-14/h2-5,7,9,13H,6,8,10-12H2,1H3/t13-/m1/s1. The zero-order chi connectivity index (χ0) is 17.1. The van der Waals surface area contributed by atoms with Gasteiger partial charge in [0.1, 0.15) is 5.82 Å². The fourth-order valence-electron chi connectivity index (χ4n) is 3.11. The Balaban J connectivity index is 1.84. The highest BCUT2D eigenvalue weighted by Gasteiger charge is 2.25. The molecular weight excluding hydrogens is 331 g/mol. The van der Waals surface area contributed by atoms with Crippen LogP contribution in [0.25, 0.3) is 0 Å². The van der Waals surface area contributed by atoms with Crippen LogP contribution in [0.2, 0.25) is 5.02 Å². The predicted molar refractivity (Wildman–Crippen MR) is 90.6 cm³/mol. The van der Waals surface area contributed by atoms with Gasteiger partial charge in [-0.2, -0.15) is 0 Å². The van der Waals surface area contributed by atoms with Crippen LogP contribution in [0, 0.1) is 11.7 Å². The molecule has 24 heavy (non-hydrogen) atoms. The van der Waals surface area contributed by atoms with Crippen LogP contribution in [0.3, 0.4) is 0 Å². The summed E-state index contributed by atoms with van der Waals surface area (Å²) in [5.74, 6) is -0.344. The summed E-state index contributed by atoms with van der Waals surface area (Å²) in [6, 6.07) is 8.13. The normalized spacial score (nSPS) is 17.5. The first kappa shape index (κ1) is 17.0. The monoisotopic (exact) mass is 350 g/mol. The third kappa shape index (κ3) is 3.62. The lowest BCUT2D eigenvalue weighted by atomic mass is 10.0. The second kappa shape index (κ2) is 7.36. The molecule has 0 fully saturated rings. The minimum absolute atomic E-state index is 0.0324. The van der Waals surface area contributed by atoms with Gasteiger partial charge >= 0.3 is 0 Å². The zero-order valence-corrected chi connectivity index (χ0v) is 14.3. The van der Waals surface area contributed by atoms with Crippen molar-refractivity contribution in [3.8, 4) is 0 Å². The van der Waals surface area contributed by atoms with Crippen molar-refractivity contribution >= 4 is 17.5 Å². The van der Waals surface area contributed by atoms with Crippen LogP contribution < -0.4 is 0 Å². The predicted octanol–water partition coefficient (Wildman–Crippen LogP) is 3.59. The first-order chi connectivity index (χ1) is 11.6. The van der Waals surface area contributed by atoms with Crippen LogP contribution in [0.15, 0.2) is 36.5 Å². The van der Waals surface area contributed by atoms with Gasteiger partial charge in [0.05, 0.1) is 11.6 Å². The molecule has 4 nitrogen and oxygen atoms in total. The van der Waals surface area contributed by atoms with Gasteiger partial charge in [-0.25, -0.2) is 4.39 Å². The molecule has 128 valence electrons. The number of ether oxygens (including phenoxy) is 1. The molecule has 1 aromatic heterocycles. The molecular formula is C18H20ClFN2O2. The number of methoxy groups -OCH3 is 1. The Bertz CT molecular complexity index is 732. The molecule has 1 aliphatic rings. The number of benzene rings is 1. The SMILES string of the molecule is COCC[C@H]1CN(C(=O)c2ccc(F)c(Cl)c2)Cc2cccn2C1. The molecule has 6 heteroatoms. The highest BCUT2D eigenvalue weighted by atomic mass is 35.5. The maximum Gasteiger partial charge on any atom is 0.254 e. The Hall–Kier alpha value is -1.85. The molecule has 1 atom stereocenters. The highest BCUT2D eigenvalue weighted by Crippen LogP contribution is 2.23. The molecule has 0 aliphatic carbocycles. The number of carbonyl (C=O) groups excluding carboxylic acids is 1. The van der Waals surface area contributed by atoms with Gasteiger partial charge in [-0.05, 0) is 42.7 Å². The molecule has 0 radical (unpaired) electrons. The van der Waals surface area contributed by atoms with E-state index >= 15 is 0 Å². The van der Waals surface area contributed by atoms with Gasteiger partial charge < -0.3 is 14.2 Å². The molecule has 2 heterocycles. The topological polar surface area (TPSA) is 34.5 Å². The number of halogens is 2. The fourth-order valence-corrected chi connectivity index (χ4v) is 3.29. The summed E-state index contributed by atoms with van der Waals surface area (Å²) in [6.07, 6.45) is 2.92. The first-order valence-electron chi connectivity index (χ1n) is 7.95. The van der Waals surface area contributed by atoms with E-state index in [9.17, 15) is 9.18 Å². The first-order valence-corrected chi connectivity index (χ1v) is 8.33. The number of fused-ring (bicyclic) bond motifs is 1. The van der Waals surface area contributed by atoms with Crippen molar-refractivity contribution in [1.82, 2.24) is 9.47 Å². The average Bonchev–Trinajstić information content (AvgIpc) is 2.93. The zero-order valence-electron chi connectivity index (χ0n) is 13.5. The van der Waals surface area contributed by atoms with Crippen LogP contribution in [0.1, 0.15) is 22.5 Å². The third-order valence-electron chi connectivity index (χ3n) is 4.39. The third-order valence-corrected chi connectivity index (χ3v) is 4.68. The lowest BCUT2D eigenvalue weighted by molar-refractivity contribution is 0.0705. The second-order valence-electron chi connectivity index (χ2n) is 6.11. The van der Waals surface area contributed by atoms with Crippen LogP contribution >= 0.6 is 11.6 Å². The summed E-state index contributed by atoms with van der Waals surface area (Å²) in [7, 11) is 1.68. The van der Waals surface area contributed by atoms with Crippen LogP contribution in [0.5, 0.6) is 0 Å². The minimum atomic E-state index is -0.518. The van der Waals surface area contributed by atoms with Crippen LogP contribution in [0.4, 0.5) is 4.39 Å². The quantitative estimate of drug-likeness (QED) is 0.844. The van der Waals surface area contributed by atoms with Crippen molar-refractivity contribution < 1.29 is 13.9 Å². The van der Waals surface area contributed by atoms with E-state index in [2.05, 4.69) is 4.57 Å². The summed E-state index contributed by atoms with van der Waals surface area (Å²) in [4.78, 5) is 14.7. The molecule has 0 saturated carbocycles. The molecule has 1 aromatic carbocycles. The van der Waals surface area contributed by atoms with E-state index in [1.807, 2.05) is 23.2 Å². The average molecular weight is 351 g/mol. The number of nitrogens with zero attached hydrogens (tertiary/aromatic N) is 2. The number of rotatable bonds is 4. The largest absolute Gasteiger partial charge is 0.385 e. The summed E-state index contributed by atoms with van der Waals surface area (Å²) in [5.41, 5.74) is 1.50. The molecule has 0 unspecified atom stereocenters. The van der Waals surface area contributed by atoms with E-state index in [0.29, 0.717) is 31.2 Å². The van der Waals surface area contributed by atoms with Gasteiger partial charge in [0.25, 0.3) is 5.91 Å². The van der Waals surface area contributed by atoms with Crippen LogP contribution in [-0.4, -0.2) is 35.6 Å². The number of carbonyl (C=O) groups is 1. The smallest absolute Gasteiger partial charge is 0.254 e. The van der Waals surface area contributed by atoms with Gasteiger partial charge in [0.2, 0.25) is 0 Å². The molecule has 3 rings (SSSR count). The molecule has 1 aliphatic heterocycles. The Morgan fingerprint density at radius 2 is 2.21 bits per heavy atom. The molecule has 0 N–H and O–H groups in total. The van der Waals surface area contributed by atoms with Gasteiger partial charge in [0.15, 0.2) is 0 Å². The summed E-state index contributed by atoms with van der Waals surface area (Å²) in [5, 5.41) is -0.0324. The second-order valence-corrected chi connectivity index (χ2v) is 6.52. The van der Waals surface area contributed by atoms with Crippen molar-refractivity contribution in [2.45, 2.75) is 19.5 Å². The van der Waals surface area contributed by atoms with Gasteiger partial charge in [-0.15, -0.1) is 0 Å². The molecule has 1 amide bonds. The minimum Gasteiger partial charge on any atom is -0.385 e. The molecule has 0 saturated heterocycles. The van der Waals surface area contributed by atoms with Crippen molar-refractivity contribution in [2.75, 3.05) is 20.3 Å². The van der Waals surface area contributed by atoms with E-state index in [4.69, 9.17) is 16.3 Å². The van der Waals surface area contributed by atoms with Crippen molar-refractivity contribution in [3.05, 3.63) is 58.6 Å². The molecule has 0 bridgehead atoms. The number of hydrogen-bond donors (Lipinski definition) is 0. The summed E-state index contributed by atoms with van der Waals surface area (Å²) in [6.45, 7) is 2.69.